The van der Waals surface area contributed by atoms with Crippen molar-refractivity contribution < 1.29 is 5.21 Å². The van der Waals surface area contributed by atoms with Crippen molar-refractivity contribution in [1.82, 2.24) is 4.98 Å². The van der Waals surface area contributed by atoms with Gasteiger partial charge >= 0.3 is 0 Å². The van der Waals surface area contributed by atoms with Gasteiger partial charge in [-0.1, -0.05) is 11.2 Å². The molecule has 19 heavy (non-hydrogen) atoms. The summed E-state index contributed by atoms with van der Waals surface area (Å²) < 4.78 is 0. The monoisotopic (exact) mass is 256 g/mol. The fourth-order valence-electron chi connectivity index (χ4n) is 1.76. The molecule has 0 aliphatic rings. The van der Waals surface area contributed by atoms with Gasteiger partial charge in [0.05, 0.1) is 0 Å². The topological polar surface area (TPSA) is 74.7 Å². The smallest absolute Gasteiger partial charge is 0.170 e. The lowest BCUT2D eigenvalue weighted by atomic mass is 10.2. The Morgan fingerprint density at radius 3 is 2.47 bits per heavy atom. The van der Waals surface area contributed by atoms with E-state index in [2.05, 4.69) is 10.1 Å². The molecule has 5 heteroatoms. The van der Waals surface area contributed by atoms with Crippen LogP contribution in [0.3, 0.4) is 0 Å². The molecule has 0 spiro atoms. The number of hydrogen-bond acceptors (Lipinski definition) is 4. The first kappa shape index (κ1) is 12.9. The Bertz CT molecular complexity index is 593. The second kappa shape index (κ2) is 5.39. The number of amidine groups is 1. The zero-order valence-corrected chi connectivity index (χ0v) is 10.9. The van der Waals surface area contributed by atoms with Gasteiger partial charge in [0, 0.05) is 24.0 Å². The number of hydrogen-bond donors (Lipinski definition) is 2. The van der Waals surface area contributed by atoms with Crippen LogP contribution in [0, 0.1) is 6.92 Å². The van der Waals surface area contributed by atoms with Gasteiger partial charge in [-0.15, -0.1) is 0 Å². The fraction of sp³-hybridized carbons (Fsp3) is 0.143. The highest BCUT2D eigenvalue weighted by Gasteiger charge is 2.06. The summed E-state index contributed by atoms with van der Waals surface area (Å²) in [6, 6.07) is 13.3. The van der Waals surface area contributed by atoms with Crippen LogP contribution in [0.1, 0.15) is 11.3 Å². The van der Waals surface area contributed by atoms with E-state index in [0.717, 1.165) is 17.2 Å². The van der Waals surface area contributed by atoms with E-state index in [1.54, 1.807) is 12.1 Å². The van der Waals surface area contributed by atoms with Gasteiger partial charge in [-0.05, 0) is 43.3 Å². The summed E-state index contributed by atoms with van der Waals surface area (Å²) in [5.74, 6) is 0.972. The number of rotatable bonds is 3. The van der Waals surface area contributed by atoms with E-state index in [9.17, 15) is 0 Å². The predicted octanol–water partition coefficient (Wildman–Crippen LogP) is 2.25. The van der Waals surface area contributed by atoms with Crippen LogP contribution < -0.4 is 10.6 Å². The third-order valence-electron chi connectivity index (χ3n) is 2.88. The summed E-state index contributed by atoms with van der Waals surface area (Å²) >= 11 is 0. The van der Waals surface area contributed by atoms with Crippen LogP contribution in [0.25, 0.3) is 0 Å². The van der Waals surface area contributed by atoms with Crippen LogP contribution in [-0.4, -0.2) is 23.1 Å². The molecule has 0 bridgehead atoms. The van der Waals surface area contributed by atoms with Gasteiger partial charge in [0.15, 0.2) is 5.84 Å². The molecule has 0 amide bonds. The summed E-state index contributed by atoms with van der Waals surface area (Å²) in [6.45, 7) is 1.96. The number of aromatic nitrogens is 1. The molecule has 0 aliphatic heterocycles. The van der Waals surface area contributed by atoms with Crippen molar-refractivity contribution in [3.63, 3.8) is 0 Å². The number of anilines is 2. The van der Waals surface area contributed by atoms with E-state index >= 15 is 0 Å². The van der Waals surface area contributed by atoms with Crippen LogP contribution in [0.2, 0.25) is 0 Å². The Labute approximate surface area is 112 Å². The molecule has 0 fully saturated rings. The minimum atomic E-state index is 0.0999. The summed E-state index contributed by atoms with van der Waals surface area (Å²) in [5.41, 5.74) is 8.15. The molecule has 0 radical (unpaired) electrons. The van der Waals surface area contributed by atoms with Gasteiger partial charge in [-0.2, -0.15) is 0 Å². The molecule has 1 heterocycles. The SMILES string of the molecule is Cc1cccc(N(C)c2ccc(C(N)=NO)cc2)n1. The summed E-state index contributed by atoms with van der Waals surface area (Å²) in [7, 11) is 1.94. The van der Waals surface area contributed by atoms with Crippen molar-refractivity contribution in [2.75, 3.05) is 11.9 Å². The van der Waals surface area contributed by atoms with Crippen molar-refractivity contribution in [2.24, 2.45) is 10.9 Å². The quantitative estimate of drug-likeness (QED) is 0.382. The van der Waals surface area contributed by atoms with Gasteiger partial charge in [0.1, 0.15) is 5.82 Å². The molecule has 2 rings (SSSR count). The zero-order valence-electron chi connectivity index (χ0n) is 10.9. The van der Waals surface area contributed by atoms with Gasteiger partial charge in [0.2, 0.25) is 0 Å². The van der Waals surface area contributed by atoms with Crippen molar-refractivity contribution in [3.8, 4) is 0 Å². The lowest BCUT2D eigenvalue weighted by Gasteiger charge is -2.18. The Morgan fingerprint density at radius 1 is 1.21 bits per heavy atom. The number of benzene rings is 1. The maximum Gasteiger partial charge on any atom is 0.170 e. The molecule has 0 saturated carbocycles. The normalized spacial score (nSPS) is 11.4. The average molecular weight is 256 g/mol. The first-order valence-electron chi connectivity index (χ1n) is 5.87. The molecule has 5 nitrogen and oxygen atoms in total. The van der Waals surface area contributed by atoms with Crippen molar-refractivity contribution in [2.45, 2.75) is 6.92 Å². The number of oxime groups is 1. The first-order valence-corrected chi connectivity index (χ1v) is 5.87. The van der Waals surface area contributed by atoms with Crippen LogP contribution >= 0.6 is 0 Å². The third-order valence-corrected chi connectivity index (χ3v) is 2.88. The maximum absolute atomic E-state index is 8.62. The van der Waals surface area contributed by atoms with Crippen LogP contribution in [0.5, 0.6) is 0 Å². The van der Waals surface area contributed by atoms with Gasteiger partial charge in [-0.3, -0.25) is 0 Å². The highest BCUT2D eigenvalue weighted by Crippen LogP contribution is 2.22. The third kappa shape index (κ3) is 2.82. The minimum Gasteiger partial charge on any atom is -0.409 e. The number of aryl methyl sites for hydroxylation is 1. The van der Waals surface area contributed by atoms with E-state index in [1.807, 2.05) is 49.2 Å². The summed E-state index contributed by atoms with van der Waals surface area (Å²) in [6.07, 6.45) is 0. The van der Waals surface area contributed by atoms with Crippen molar-refractivity contribution in [3.05, 3.63) is 53.7 Å². The number of nitrogens with two attached hydrogens (primary N) is 1. The molecule has 3 N–H and O–H groups in total. The molecule has 0 aliphatic carbocycles. The lowest BCUT2D eigenvalue weighted by molar-refractivity contribution is 0.318. The Hall–Kier alpha value is -2.56. The van der Waals surface area contributed by atoms with Crippen LogP contribution in [-0.2, 0) is 0 Å². The zero-order chi connectivity index (χ0) is 13.8. The maximum atomic E-state index is 8.62. The van der Waals surface area contributed by atoms with Crippen LogP contribution in [0.4, 0.5) is 11.5 Å². The Kier molecular flexibility index (Phi) is 3.66. The first-order chi connectivity index (χ1) is 9.11. The molecular formula is C14H16N4O. The standard InChI is InChI=1S/C14H16N4O/c1-10-4-3-5-13(16-10)18(2)12-8-6-11(7-9-12)14(15)17-19/h3-9,19H,1-2H3,(H2,15,17). The molecule has 0 unspecified atom stereocenters. The second-order valence-corrected chi connectivity index (χ2v) is 4.23. The highest BCUT2D eigenvalue weighted by atomic mass is 16.4. The molecular weight excluding hydrogens is 240 g/mol. The van der Waals surface area contributed by atoms with Crippen LogP contribution in [0.15, 0.2) is 47.6 Å². The van der Waals surface area contributed by atoms with E-state index in [1.165, 1.54) is 0 Å². The molecule has 0 atom stereocenters. The second-order valence-electron chi connectivity index (χ2n) is 4.23. The average Bonchev–Trinajstić information content (AvgIpc) is 2.46. The summed E-state index contributed by atoms with van der Waals surface area (Å²) in [5, 5.41) is 11.6. The van der Waals surface area contributed by atoms with Crippen molar-refractivity contribution >= 4 is 17.3 Å². The molecule has 2 aromatic rings. The van der Waals surface area contributed by atoms with E-state index < -0.39 is 0 Å². The summed E-state index contributed by atoms with van der Waals surface area (Å²) in [4.78, 5) is 6.44. The lowest BCUT2D eigenvalue weighted by Crippen LogP contribution is -2.14. The van der Waals surface area contributed by atoms with E-state index in [4.69, 9.17) is 10.9 Å². The predicted molar refractivity (Wildman–Crippen MR) is 76.0 cm³/mol. The highest BCUT2D eigenvalue weighted by molar-refractivity contribution is 5.97. The Balaban J connectivity index is 2.27. The minimum absolute atomic E-state index is 0.0999. The van der Waals surface area contributed by atoms with Crippen molar-refractivity contribution in [1.29, 1.82) is 0 Å². The van der Waals surface area contributed by atoms with Gasteiger partial charge < -0.3 is 15.8 Å². The number of pyridine rings is 1. The Morgan fingerprint density at radius 2 is 1.89 bits per heavy atom. The van der Waals surface area contributed by atoms with Gasteiger partial charge in [0.25, 0.3) is 0 Å². The molecule has 0 saturated heterocycles. The van der Waals surface area contributed by atoms with Gasteiger partial charge in [-0.25, -0.2) is 4.98 Å². The molecule has 98 valence electrons. The molecule has 1 aromatic heterocycles. The van der Waals surface area contributed by atoms with E-state index in [0.29, 0.717) is 5.56 Å². The largest absolute Gasteiger partial charge is 0.409 e. The number of nitrogens with zero attached hydrogens (tertiary/aromatic N) is 3. The van der Waals surface area contributed by atoms with E-state index in [-0.39, 0.29) is 5.84 Å². The molecule has 1 aromatic carbocycles. The fourth-order valence-corrected chi connectivity index (χ4v) is 1.76.